The first kappa shape index (κ1) is 90.8. The molecule has 3 N–H and O–H groups in total. The van der Waals surface area contributed by atoms with Crippen molar-refractivity contribution in [2.75, 3.05) is 39.6 Å². The van der Waals surface area contributed by atoms with Crippen LogP contribution in [0.25, 0.3) is 0 Å². The van der Waals surface area contributed by atoms with Gasteiger partial charge in [0.25, 0.3) is 0 Å². The highest BCUT2D eigenvalue weighted by molar-refractivity contribution is 7.47. The Balaban J connectivity index is 5.34. The Morgan fingerprint density at radius 3 is 0.894 bits per heavy atom. The van der Waals surface area contributed by atoms with E-state index in [-0.39, 0.29) is 25.7 Å². The lowest BCUT2D eigenvalue weighted by Crippen LogP contribution is -2.30. The number of carbonyl (C=O) groups excluding carboxylic acids is 4. The molecule has 19 heteroatoms. The molecule has 5 unspecified atom stereocenters. The number of allylic oxidation sites excluding steroid dienone is 10. The zero-order valence-electron chi connectivity index (χ0n) is 59.6. The van der Waals surface area contributed by atoms with E-state index in [1.54, 1.807) is 0 Å². The Morgan fingerprint density at radius 2 is 0.553 bits per heavy atom. The zero-order valence-corrected chi connectivity index (χ0v) is 61.4. The van der Waals surface area contributed by atoms with Gasteiger partial charge in [0, 0.05) is 25.7 Å². The fourth-order valence-corrected chi connectivity index (χ4v) is 11.8. The van der Waals surface area contributed by atoms with Crippen LogP contribution >= 0.6 is 15.6 Å². The fourth-order valence-electron chi connectivity index (χ4n) is 10.3. The molecule has 0 fully saturated rings. The maximum Gasteiger partial charge on any atom is 0.472 e. The van der Waals surface area contributed by atoms with E-state index in [0.29, 0.717) is 25.7 Å². The van der Waals surface area contributed by atoms with E-state index in [9.17, 15) is 43.2 Å². The van der Waals surface area contributed by atoms with Gasteiger partial charge in [0.15, 0.2) is 12.2 Å². The Morgan fingerprint density at radius 1 is 0.309 bits per heavy atom. The largest absolute Gasteiger partial charge is 0.472 e. The number of ether oxygens (including phenoxy) is 4. The number of hydrogen-bond donors (Lipinski definition) is 3. The minimum Gasteiger partial charge on any atom is -0.462 e. The maximum absolute atomic E-state index is 13.0. The average molecular weight is 1370 g/mol. The molecule has 0 saturated heterocycles. The molecule has 0 aromatic rings. The van der Waals surface area contributed by atoms with Gasteiger partial charge in [-0.25, -0.2) is 9.13 Å². The Hall–Kier alpha value is -3.24. The number of aliphatic hydroxyl groups excluding tert-OH is 1. The molecule has 0 radical (unpaired) electrons. The number of unbranched alkanes of at least 4 members (excludes halogenated alkanes) is 35. The van der Waals surface area contributed by atoms with Crippen LogP contribution in [0.3, 0.4) is 0 Å². The van der Waals surface area contributed by atoms with Gasteiger partial charge >= 0.3 is 39.5 Å². The summed E-state index contributed by atoms with van der Waals surface area (Å²) < 4.78 is 68.4. The van der Waals surface area contributed by atoms with Gasteiger partial charge in [0.1, 0.15) is 19.3 Å². The van der Waals surface area contributed by atoms with Crippen LogP contribution in [0, 0.1) is 0 Å². The molecule has 0 aromatic heterocycles. The Labute approximate surface area is 571 Å². The standard InChI is InChI=1S/C75H136O17P2/c1-5-9-13-17-21-25-29-33-34-38-40-44-48-52-56-60-73(78)86-66-71(92-75(80)62-58-54-50-46-42-37-32-28-24-20-16-12-8-4)68-90-94(83,84)88-64-69(76)63-87-93(81,82)89-67-70(91-74(79)61-57-53-49-45-41-36-31-27-23-19-15-11-7-3)65-85-72(77)59-55-51-47-43-39-35-30-26-22-18-14-10-6-2/h9,13,21,25-26,30,33-34,40,44,69-71,76H,5-8,10-12,14-20,22-24,27-29,31-32,35-39,41-43,45-68H2,1-4H3,(H,81,82)(H,83,84)/b13-9-,25-21-,30-26-,34-33-,44-40-. The van der Waals surface area contributed by atoms with Crippen LogP contribution in [-0.4, -0.2) is 96.7 Å². The zero-order chi connectivity index (χ0) is 69.0. The van der Waals surface area contributed by atoms with Crippen LogP contribution < -0.4 is 0 Å². The number of phosphoric ester groups is 2. The minimum absolute atomic E-state index is 0.0917. The molecule has 0 aliphatic heterocycles. The lowest BCUT2D eigenvalue weighted by molar-refractivity contribution is -0.161. The van der Waals surface area contributed by atoms with Crippen molar-refractivity contribution in [3.8, 4) is 0 Å². The van der Waals surface area contributed by atoms with Gasteiger partial charge in [0.05, 0.1) is 26.4 Å². The summed E-state index contributed by atoms with van der Waals surface area (Å²) in [5, 5.41) is 10.6. The van der Waals surface area contributed by atoms with Gasteiger partial charge < -0.3 is 33.8 Å². The summed E-state index contributed by atoms with van der Waals surface area (Å²) in [6.07, 6.45) is 65.0. The normalized spacial score (nSPS) is 14.3. The third-order valence-corrected chi connectivity index (χ3v) is 17.9. The first-order valence-electron chi connectivity index (χ1n) is 37.5. The molecular weight excluding hydrogens is 1230 g/mol. The summed E-state index contributed by atoms with van der Waals surface area (Å²) in [4.78, 5) is 72.7. The Bertz CT molecular complexity index is 2030. The SMILES string of the molecule is CC/C=C\C/C=C\C/C=C\C/C=C\CCCCC(=O)OCC(COP(=O)(O)OCC(O)COP(=O)(O)OCC(COC(=O)CCCCCCC/C=C\CCCCCC)OC(=O)CCCCCCCCCCCCCCC)OC(=O)CCCCCCCCCCCCCCC. The molecule has 548 valence electrons. The molecule has 0 saturated carbocycles. The lowest BCUT2D eigenvalue weighted by Gasteiger charge is -2.21. The topological polar surface area (TPSA) is 237 Å². The van der Waals surface area contributed by atoms with Crippen LogP contribution in [0.15, 0.2) is 60.8 Å². The summed E-state index contributed by atoms with van der Waals surface area (Å²) in [6, 6.07) is 0. The van der Waals surface area contributed by atoms with Crippen molar-refractivity contribution in [2.24, 2.45) is 0 Å². The summed E-state index contributed by atoms with van der Waals surface area (Å²) in [6.45, 7) is 4.73. The third kappa shape index (κ3) is 67.3. The van der Waals surface area contributed by atoms with Crippen molar-refractivity contribution >= 4 is 39.5 Å². The lowest BCUT2D eigenvalue weighted by atomic mass is 10.0. The number of phosphoric acid groups is 2. The highest BCUT2D eigenvalue weighted by atomic mass is 31.2. The maximum atomic E-state index is 13.0. The second-order valence-corrected chi connectivity index (χ2v) is 28.1. The molecule has 17 nitrogen and oxygen atoms in total. The third-order valence-electron chi connectivity index (χ3n) is 16.0. The van der Waals surface area contributed by atoms with E-state index >= 15 is 0 Å². The highest BCUT2D eigenvalue weighted by Crippen LogP contribution is 2.45. The van der Waals surface area contributed by atoms with Crippen molar-refractivity contribution in [2.45, 2.75) is 354 Å². The average Bonchev–Trinajstić information content (AvgIpc) is 1.67. The summed E-state index contributed by atoms with van der Waals surface area (Å²) in [7, 11) is -9.94. The van der Waals surface area contributed by atoms with Crippen LogP contribution in [0.1, 0.15) is 336 Å². The van der Waals surface area contributed by atoms with Gasteiger partial charge in [-0.3, -0.25) is 37.3 Å². The summed E-state index contributed by atoms with van der Waals surface area (Å²) in [5.41, 5.74) is 0. The monoisotopic (exact) mass is 1370 g/mol. The van der Waals surface area contributed by atoms with E-state index in [4.69, 9.17) is 37.0 Å². The van der Waals surface area contributed by atoms with E-state index in [2.05, 4.69) is 88.5 Å². The predicted octanol–water partition coefficient (Wildman–Crippen LogP) is 21.1. The molecule has 0 bridgehead atoms. The quantitative estimate of drug-likeness (QED) is 0.0169. The van der Waals surface area contributed by atoms with Crippen LogP contribution in [0.2, 0.25) is 0 Å². The predicted molar refractivity (Wildman–Crippen MR) is 381 cm³/mol. The van der Waals surface area contributed by atoms with Crippen LogP contribution in [0.5, 0.6) is 0 Å². The molecule has 94 heavy (non-hydrogen) atoms. The highest BCUT2D eigenvalue weighted by Gasteiger charge is 2.30. The van der Waals surface area contributed by atoms with Crippen LogP contribution in [0.4, 0.5) is 0 Å². The molecule has 0 aliphatic carbocycles. The van der Waals surface area contributed by atoms with Gasteiger partial charge in [0.2, 0.25) is 0 Å². The van der Waals surface area contributed by atoms with E-state index in [0.717, 1.165) is 128 Å². The number of aliphatic hydroxyl groups is 1. The molecule has 0 amide bonds. The van der Waals surface area contributed by atoms with E-state index in [1.807, 2.05) is 0 Å². The second-order valence-electron chi connectivity index (χ2n) is 25.2. The van der Waals surface area contributed by atoms with Gasteiger partial charge in [-0.1, -0.05) is 281 Å². The molecular formula is C75H136O17P2. The number of rotatable bonds is 71. The van der Waals surface area contributed by atoms with Crippen molar-refractivity contribution in [3.63, 3.8) is 0 Å². The molecule has 0 aromatic carbocycles. The molecule has 0 heterocycles. The van der Waals surface area contributed by atoms with Crippen LogP contribution in [-0.2, 0) is 65.4 Å². The number of hydrogen-bond acceptors (Lipinski definition) is 15. The van der Waals surface area contributed by atoms with E-state index < -0.39 is 97.5 Å². The Kier molecular flexibility index (Phi) is 65.9. The van der Waals surface area contributed by atoms with Gasteiger partial charge in [-0.05, 0) is 89.9 Å². The number of carbonyl (C=O) groups is 4. The van der Waals surface area contributed by atoms with Gasteiger partial charge in [-0.2, -0.15) is 0 Å². The second kappa shape index (κ2) is 68.3. The number of esters is 4. The molecule has 0 rings (SSSR count). The first-order valence-corrected chi connectivity index (χ1v) is 40.5. The molecule has 0 spiro atoms. The fraction of sp³-hybridized carbons (Fsp3) is 0.813. The molecule has 5 atom stereocenters. The van der Waals surface area contributed by atoms with Crippen molar-refractivity contribution in [1.82, 2.24) is 0 Å². The summed E-state index contributed by atoms with van der Waals surface area (Å²) in [5.74, 6) is -2.20. The first-order chi connectivity index (χ1) is 45.7. The summed E-state index contributed by atoms with van der Waals surface area (Å²) >= 11 is 0. The van der Waals surface area contributed by atoms with Gasteiger partial charge in [-0.15, -0.1) is 0 Å². The van der Waals surface area contributed by atoms with E-state index in [1.165, 1.54) is 128 Å². The van der Waals surface area contributed by atoms with Crippen molar-refractivity contribution < 1.29 is 80.2 Å². The molecule has 0 aliphatic rings. The smallest absolute Gasteiger partial charge is 0.462 e. The minimum atomic E-state index is -4.97. The van der Waals surface area contributed by atoms with Crippen molar-refractivity contribution in [1.29, 1.82) is 0 Å². The van der Waals surface area contributed by atoms with Crippen molar-refractivity contribution in [3.05, 3.63) is 60.8 Å².